The second kappa shape index (κ2) is 5.93. The second-order valence-electron chi connectivity index (χ2n) is 4.75. The molecule has 112 valence electrons. The van der Waals surface area contributed by atoms with Gasteiger partial charge < -0.3 is 9.15 Å². The Bertz CT molecular complexity index is 902. The zero-order valence-corrected chi connectivity index (χ0v) is 13.3. The molecule has 0 N–H and O–H groups in total. The van der Waals surface area contributed by atoms with E-state index in [9.17, 15) is 9.18 Å². The van der Waals surface area contributed by atoms with Crippen LogP contribution in [0.25, 0.3) is 22.3 Å². The number of fused-ring (bicyclic) bond motifs is 1. The van der Waals surface area contributed by atoms with Crippen molar-refractivity contribution in [1.82, 2.24) is 0 Å². The maximum absolute atomic E-state index is 13.8. The molecule has 0 spiro atoms. The lowest BCUT2D eigenvalue weighted by atomic mass is 10.1. The average molecular weight is 363 g/mol. The summed E-state index contributed by atoms with van der Waals surface area (Å²) in [5, 5.41) is 1.10. The summed E-state index contributed by atoms with van der Waals surface area (Å²) in [6.07, 6.45) is 0. The van der Waals surface area contributed by atoms with E-state index in [2.05, 4.69) is 15.9 Å². The SMILES string of the molecule is COc1ccc(-c2cc(=O)c3c(CBr)cccc3o2)cc1F. The molecule has 0 saturated carbocycles. The van der Waals surface area contributed by atoms with Crippen molar-refractivity contribution in [3.8, 4) is 17.1 Å². The van der Waals surface area contributed by atoms with Crippen molar-refractivity contribution in [3.05, 3.63) is 64.1 Å². The van der Waals surface area contributed by atoms with Crippen molar-refractivity contribution < 1.29 is 13.5 Å². The standard InChI is InChI=1S/C17H12BrFO3/c1-21-14-6-5-10(7-12(14)19)16-8-13(20)17-11(9-18)3-2-4-15(17)22-16/h2-8H,9H2,1H3. The quantitative estimate of drug-likeness (QED) is 0.643. The molecule has 2 aromatic carbocycles. The first-order valence-electron chi connectivity index (χ1n) is 6.59. The number of hydrogen-bond donors (Lipinski definition) is 0. The lowest BCUT2D eigenvalue weighted by molar-refractivity contribution is 0.386. The van der Waals surface area contributed by atoms with E-state index in [1.807, 2.05) is 12.1 Å². The minimum absolute atomic E-state index is 0.147. The van der Waals surface area contributed by atoms with Crippen LogP contribution in [0.4, 0.5) is 4.39 Å². The van der Waals surface area contributed by atoms with E-state index in [-0.39, 0.29) is 11.2 Å². The summed E-state index contributed by atoms with van der Waals surface area (Å²) in [6.45, 7) is 0. The van der Waals surface area contributed by atoms with Crippen molar-refractivity contribution in [2.24, 2.45) is 0 Å². The zero-order chi connectivity index (χ0) is 15.7. The highest BCUT2D eigenvalue weighted by Crippen LogP contribution is 2.27. The second-order valence-corrected chi connectivity index (χ2v) is 5.31. The summed E-state index contributed by atoms with van der Waals surface area (Å²) in [5.41, 5.74) is 1.68. The van der Waals surface area contributed by atoms with E-state index in [0.29, 0.717) is 27.6 Å². The van der Waals surface area contributed by atoms with Gasteiger partial charge in [0, 0.05) is 17.0 Å². The number of halogens is 2. The van der Waals surface area contributed by atoms with Crippen molar-refractivity contribution in [1.29, 1.82) is 0 Å². The molecule has 0 radical (unpaired) electrons. The van der Waals surface area contributed by atoms with Gasteiger partial charge in [0.05, 0.1) is 12.5 Å². The number of benzene rings is 2. The molecule has 5 heteroatoms. The van der Waals surface area contributed by atoms with Crippen molar-refractivity contribution >= 4 is 26.9 Å². The van der Waals surface area contributed by atoms with E-state index >= 15 is 0 Å². The van der Waals surface area contributed by atoms with Gasteiger partial charge >= 0.3 is 0 Å². The Balaban J connectivity index is 2.21. The Kier molecular flexibility index (Phi) is 3.98. The lowest BCUT2D eigenvalue weighted by Gasteiger charge is -2.07. The highest BCUT2D eigenvalue weighted by molar-refractivity contribution is 9.08. The fourth-order valence-corrected chi connectivity index (χ4v) is 2.82. The maximum atomic E-state index is 13.8. The minimum atomic E-state index is -0.503. The molecule has 0 aliphatic carbocycles. The van der Waals surface area contributed by atoms with Gasteiger partial charge in [0.15, 0.2) is 17.0 Å². The van der Waals surface area contributed by atoms with Gasteiger partial charge in [-0.05, 0) is 29.8 Å². The van der Waals surface area contributed by atoms with E-state index in [1.165, 1.54) is 25.3 Å². The normalized spacial score (nSPS) is 10.9. The first-order valence-corrected chi connectivity index (χ1v) is 7.72. The molecule has 0 bridgehead atoms. The van der Waals surface area contributed by atoms with Crippen LogP contribution in [-0.4, -0.2) is 7.11 Å². The fourth-order valence-electron chi connectivity index (χ4n) is 2.35. The monoisotopic (exact) mass is 362 g/mol. The van der Waals surface area contributed by atoms with Crippen LogP contribution in [0.5, 0.6) is 5.75 Å². The summed E-state index contributed by atoms with van der Waals surface area (Å²) in [5.74, 6) is -0.0313. The van der Waals surface area contributed by atoms with Crippen molar-refractivity contribution in [2.45, 2.75) is 5.33 Å². The third-order valence-corrected chi connectivity index (χ3v) is 4.03. The minimum Gasteiger partial charge on any atom is -0.494 e. The van der Waals surface area contributed by atoms with Gasteiger partial charge in [0.25, 0.3) is 0 Å². The summed E-state index contributed by atoms with van der Waals surface area (Å²) < 4.78 is 24.5. The smallest absolute Gasteiger partial charge is 0.193 e. The molecule has 1 aromatic heterocycles. The third kappa shape index (κ3) is 2.52. The topological polar surface area (TPSA) is 39.4 Å². The molecule has 3 nitrogen and oxygen atoms in total. The van der Waals surface area contributed by atoms with E-state index in [1.54, 1.807) is 12.1 Å². The highest BCUT2D eigenvalue weighted by Gasteiger charge is 2.12. The Hall–Kier alpha value is -2.14. The lowest BCUT2D eigenvalue weighted by Crippen LogP contribution is -2.03. The number of hydrogen-bond acceptors (Lipinski definition) is 3. The molecule has 3 rings (SSSR count). The highest BCUT2D eigenvalue weighted by atomic mass is 79.9. The third-order valence-electron chi connectivity index (χ3n) is 3.42. The van der Waals surface area contributed by atoms with Crippen LogP contribution in [-0.2, 0) is 5.33 Å². The molecule has 0 unspecified atom stereocenters. The molecule has 22 heavy (non-hydrogen) atoms. The first kappa shape index (κ1) is 14.8. The van der Waals surface area contributed by atoms with Crippen LogP contribution in [0.3, 0.4) is 0 Å². The van der Waals surface area contributed by atoms with Crippen LogP contribution in [0.1, 0.15) is 5.56 Å². The average Bonchev–Trinajstić information content (AvgIpc) is 2.54. The predicted molar refractivity (Wildman–Crippen MR) is 87.1 cm³/mol. The number of methoxy groups -OCH3 is 1. The van der Waals surface area contributed by atoms with Gasteiger partial charge in [-0.1, -0.05) is 28.1 Å². The molecule has 1 heterocycles. The van der Waals surface area contributed by atoms with Gasteiger partial charge in [0.2, 0.25) is 0 Å². The predicted octanol–water partition coefficient (Wildman–Crippen LogP) is 4.50. The van der Waals surface area contributed by atoms with E-state index in [4.69, 9.17) is 9.15 Å². The summed E-state index contributed by atoms with van der Waals surface area (Å²) in [4.78, 5) is 12.4. The van der Waals surface area contributed by atoms with Gasteiger partial charge in [0.1, 0.15) is 11.3 Å². The number of ether oxygens (including phenoxy) is 1. The molecule has 0 fully saturated rings. The van der Waals surface area contributed by atoms with Crippen LogP contribution < -0.4 is 10.2 Å². The fraction of sp³-hybridized carbons (Fsp3) is 0.118. The van der Waals surface area contributed by atoms with Crippen LogP contribution >= 0.6 is 15.9 Å². The van der Waals surface area contributed by atoms with Crippen molar-refractivity contribution in [3.63, 3.8) is 0 Å². The molecule has 0 aliphatic rings. The maximum Gasteiger partial charge on any atom is 0.193 e. The number of alkyl halides is 1. The summed E-state index contributed by atoms with van der Waals surface area (Å²) in [7, 11) is 1.40. The van der Waals surface area contributed by atoms with Crippen LogP contribution in [0.15, 0.2) is 51.7 Å². The largest absolute Gasteiger partial charge is 0.494 e. The molecule has 0 amide bonds. The molecule has 0 aliphatic heterocycles. The summed E-state index contributed by atoms with van der Waals surface area (Å²) in [6, 6.07) is 11.2. The Labute approximate surface area is 134 Å². The Morgan fingerprint density at radius 1 is 1.23 bits per heavy atom. The first-order chi connectivity index (χ1) is 10.6. The van der Waals surface area contributed by atoms with Gasteiger partial charge in [-0.15, -0.1) is 0 Å². The van der Waals surface area contributed by atoms with Crippen LogP contribution in [0.2, 0.25) is 0 Å². The van der Waals surface area contributed by atoms with Gasteiger partial charge in [-0.25, -0.2) is 4.39 Å². The molecular weight excluding hydrogens is 351 g/mol. The molecule has 3 aromatic rings. The molecule has 0 atom stereocenters. The summed E-state index contributed by atoms with van der Waals surface area (Å²) >= 11 is 3.36. The molecular formula is C17H12BrFO3. The Morgan fingerprint density at radius 3 is 2.73 bits per heavy atom. The van der Waals surface area contributed by atoms with E-state index < -0.39 is 5.82 Å². The number of rotatable bonds is 3. The Morgan fingerprint density at radius 2 is 2.05 bits per heavy atom. The zero-order valence-electron chi connectivity index (χ0n) is 11.7. The van der Waals surface area contributed by atoms with Gasteiger partial charge in [-0.2, -0.15) is 0 Å². The van der Waals surface area contributed by atoms with E-state index in [0.717, 1.165) is 5.56 Å². The van der Waals surface area contributed by atoms with Crippen LogP contribution in [0, 0.1) is 5.82 Å². The van der Waals surface area contributed by atoms with Gasteiger partial charge in [-0.3, -0.25) is 4.79 Å². The molecule has 0 saturated heterocycles. The van der Waals surface area contributed by atoms with Crippen molar-refractivity contribution in [2.75, 3.05) is 7.11 Å².